The number of carbonyl (C=O) groups is 1. The third kappa shape index (κ3) is 0.725. The second kappa shape index (κ2) is 2.34. The van der Waals surface area contributed by atoms with Gasteiger partial charge < -0.3 is 0 Å². The highest BCUT2D eigenvalue weighted by atomic mass is 16.1. The smallest absolute Gasteiger partial charge is 0.139 e. The van der Waals surface area contributed by atoms with E-state index in [9.17, 15) is 4.79 Å². The lowest BCUT2D eigenvalue weighted by atomic mass is 9.90. The van der Waals surface area contributed by atoms with Crippen LogP contribution in [0.15, 0.2) is 0 Å². The maximum atomic E-state index is 11.9. The van der Waals surface area contributed by atoms with Crippen molar-refractivity contribution >= 4 is 5.78 Å². The quantitative estimate of drug-likeness (QED) is 0.537. The summed E-state index contributed by atoms with van der Waals surface area (Å²) < 4.78 is 0. The summed E-state index contributed by atoms with van der Waals surface area (Å²) in [7, 11) is 0. The van der Waals surface area contributed by atoms with Gasteiger partial charge in [0, 0.05) is 11.8 Å². The minimum atomic E-state index is 0.514. The SMILES string of the molecule is O=C1C2CCCC2C2CCCC12. The minimum absolute atomic E-state index is 0.514. The van der Waals surface area contributed by atoms with Gasteiger partial charge >= 0.3 is 0 Å². The van der Waals surface area contributed by atoms with Gasteiger partial charge in [-0.1, -0.05) is 12.8 Å². The van der Waals surface area contributed by atoms with Crippen LogP contribution in [-0.2, 0) is 4.79 Å². The van der Waals surface area contributed by atoms with Crippen molar-refractivity contribution in [3.8, 4) is 0 Å². The van der Waals surface area contributed by atoms with Gasteiger partial charge in [-0.2, -0.15) is 0 Å². The van der Waals surface area contributed by atoms with Crippen LogP contribution in [0, 0.1) is 23.7 Å². The average Bonchev–Trinajstić information content (AvgIpc) is 2.72. The molecule has 3 aliphatic carbocycles. The van der Waals surface area contributed by atoms with Crippen LogP contribution in [-0.4, -0.2) is 5.78 Å². The fraction of sp³-hybridized carbons (Fsp3) is 0.909. The molecule has 1 nitrogen and oxygen atoms in total. The van der Waals surface area contributed by atoms with E-state index in [1.165, 1.54) is 38.5 Å². The zero-order chi connectivity index (χ0) is 8.13. The Bertz CT molecular complexity index is 199. The number of carbonyl (C=O) groups excluding carboxylic acids is 1. The molecule has 3 fully saturated rings. The summed E-state index contributed by atoms with van der Waals surface area (Å²) in [6, 6.07) is 0. The zero-order valence-electron chi connectivity index (χ0n) is 7.46. The average molecular weight is 164 g/mol. The maximum Gasteiger partial charge on any atom is 0.139 e. The van der Waals surface area contributed by atoms with E-state index in [-0.39, 0.29) is 0 Å². The first-order valence-corrected chi connectivity index (χ1v) is 5.41. The first-order chi connectivity index (χ1) is 5.88. The normalized spacial score (nSPS) is 51.2. The van der Waals surface area contributed by atoms with Gasteiger partial charge in [0.25, 0.3) is 0 Å². The largest absolute Gasteiger partial charge is 0.299 e. The highest BCUT2D eigenvalue weighted by Gasteiger charge is 2.52. The molecule has 0 bridgehead atoms. The maximum absolute atomic E-state index is 11.9. The number of Topliss-reactive ketones (excluding diaryl/α,β-unsaturated/α-hetero) is 1. The lowest BCUT2D eigenvalue weighted by Crippen LogP contribution is -2.12. The molecule has 0 aromatic rings. The third-order valence-corrected chi connectivity index (χ3v) is 4.42. The van der Waals surface area contributed by atoms with Crippen molar-refractivity contribution in [2.45, 2.75) is 38.5 Å². The Morgan fingerprint density at radius 2 is 1.33 bits per heavy atom. The molecule has 0 radical (unpaired) electrons. The molecule has 4 atom stereocenters. The van der Waals surface area contributed by atoms with E-state index in [4.69, 9.17) is 0 Å². The molecule has 3 aliphatic rings. The van der Waals surface area contributed by atoms with E-state index in [1.807, 2.05) is 0 Å². The molecule has 3 saturated carbocycles. The highest BCUT2D eigenvalue weighted by Crippen LogP contribution is 2.54. The van der Waals surface area contributed by atoms with Crippen molar-refractivity contribution in [2.75, 3.05) is 0 Å². The number of rotatable bonds is 0. The van der Waals surface area contributed by atoms with Gasteiger partial charge in [0.1, 0.15) is 5.78 Å². The van der Waals surface area contributed by atoms with Gasteiger partial charge in [-0.3, -0.25) is 4.79 Å². The lowest BCUT2D eigenvalue weighted by molar-refractivity contribution is -0.124. The topological polar surface area (TPSA) is 17.1 Å². The first-order valence-electron chi connectivity index (χ1n) is 5.41. The van der Waals surface area contributed by atoms with E-state index < -0.39 is 0 Å². The molecular formula is C11H16O. The first kappa shape index (κ1) is 7.11. The molecule has 0 heterocycles. The Balaban J connectivity index is 1.94. The summed E-state index contributed by atoms with van der Waals surface area (Å²) in [4.78, 5) is 11.9. The molecule has 0 aliphatic heterocycles. The molecule has 0 N–H and O–H groups in total. The fourth-order valence-corrected chi connectivity index (χ4v) is 3.98. The summed E-state index contributed by atoms with van der Waals surface area (Å²) in [5.74, 6) is 3.33. The summed E-state index contributed by atoms with van der Waals surface area (Å²) in [6.45, 7) is 0. The Kier molecular flexibility index (Phi) is 1.38. The van der Waals surface area contributed by atoms with E-state index in [1.54, 1.807) is 0 Å². The molecule has 0 amide bonds. The zero-order valence-corrected chi connectivity index (χ0v) is 7.46. The number of hydrogen-bond acceptors (Lipinski definition) is 1. The predicted molar refractivity (Wildman–Crippen MR) is 46.7 cm³/mol. The molecule has 1 heteroatoms. The van der Waals surface area contributed by atoms with Gasteiger partial charge in [0.05, 0.1) is 0 Å². The van der Waals surface area contributed by atoms with Crippen LogP contribution in [0.2, 0.25) is 0 Å². The Labute approximate surface area is 73.5 Å². The molecule has 0 saturated heterocycles. The molecule has 3 rings (SSSR count). The number of fused-ring (bicyclic) bond motifs is 3. The minimum Gasteiger partial charge on any atom is -0.299 e. The summed E-state index contributed by atoms with van der Waals surface area (Å²) in [6.07, 6.45) is 7.80. The van der Waals surface area contributed by atoms with Crippen molar-refractivity contribution < 1.29 is 4.79 Å². The monoisotopic (exact) mass is 164 g/mol. The van der Waals surface area contributed by atoms with Crippen molar-refractivity contribution in [1.82, 2.24) is 0 Å². The van der Waals surface area contributed by atoms with Crippen LogP contribution >= 0.6 is 0 Å². The Hall–Kier alpha value is -0.330. The fourth-order valence-electron chi connectivity index (χ4n) is 3.98. The molecular weight excluding hydrogens is 148 g/mol. The van der Waals surface area contributed by atoms with Gasteiger partial charge in [0.2, 0.25) is 0 Å². The highest BCUT2D eigenvalue weighted by molar-refractivity contribution is 5.87. The van der Waals surface area contributed by atoms with Crippen LogP contribution in [0.1, 0.15) is 38.5 Å². The van der Waals surface area contributed by atoms with Crippen LogP contribution in [0.4, 0.5) is 0 Å². The number of ketones is 1. The second-order valence-electron chi connectivity index (χ2n) is 4.80. The second-order valence-corrected chi connectivity index (χ2v) is 4.80. The van der Waals surface area contributed by atoms with E-state index in [0.29, 0.717) is 17.6 Å². The van der Waals surface area contributed by atoms with Crippen LogP contribution in [0.3, 0.4) is 0 Å². The molecule has 0 aromatic heterocycles. The standard InChI is InChI=1S/C11H16O/c12-11-9-5-1-3-7(9)8-4-2-6-10(8)11/h7-10H,1-6H2. The number of hydrogen-bond donors (Lipinski definition) is 0. The van der Waals surface area contributed by atoms with Gasteiger partial charge in [0.15, 0.2) is 0 Å². The van der Waals surface area contributed by atoms with Gasteiger partial charge in [-0.15, -0.1) is 0 Å². The van der Waals surface area contributed by atoms with Crippen LogP contribution < -0.4 is 0 Å². The van der Waals surface area contributed by atoms with E-state index in [2.05, 4.69) is 0 Å². The summed E-state index contributed by atoms with van der Waals surface area (Å²) in [5, 5.41) is 0. The van der Waals surface area contributed by atoms with Gasteiger partial charge in [-0.05, 0) is 37.5 Å². The van der Waals surface area contributed by atoms with Crippen LogP contribution in [0.5, 0.6) is 0 Å². The van der Waals surface area contributed by atoms with Crippen molar-refractivity contribution in [1.29, 1.82) is 0 Å². The lowest BCUT2D eigenvalue weighted by Gasteiger charge is -2.14. The van der Waals surface area contributed by atoms with E-state index >= 15 is 0 Å². The molecule has 0 spiro atoms. The Morgan fingerprint density at radius 3 is 1.83 bits per heavy atom. The third-order valence-electron chi connectivity index (χ3n) is 4.42. The summed E-state index contributed by atoms with van der Waals surface area (Å²) >= 11 is 0. The van der Waals surface area contributed by atoms with Gasteiger partial charge in [-0.25, -0.2) is 0 Å². The molecule has 66 valence electrons. The van der Waals surface area contributed by atoms with Crippen LogP contribution in [0.25, 0.3) is 0 Å². The predicted octanol–water partition coefficient (Wildman–Crippen LogP) is 2.40. The van der Waals surface area contributed by atoms with Crippen molar-refractivity contribution in [3.05, 3.63) is 0 Å². The summed E-state index contributed by atoms with van der Waals surface area (Å²) in [5.41, 5.74) is 0. The molecule has 12 heavy (non-hydrogen) atoms. The van der Waals surface area contributed by atoms with E-state index in [0.717, 1.165) is 11.8 Å². The van der Waals surface area contributed by atoms with Crippen molar-refractivity contribution in [3.63, 3.8) is 0 Å². The van der Waals surface area contributed by atoms with Crippen molar-refractivity contribution in [2.24, 2.45) is 23.7 Å². The Morgan fingerprint density at radius 1 is 0.833 bits per heavy atom. The molecule has 4 unspecified atom stereocenters. The molecule has 0 aromatic carbocycles.